The van der Waals surface area contributed by atoms with Gasteiger partial charge in [-0.3, -0.25) is 4.79 Å². The van der Waals surface area contributed by atoms with E-state index in [0.717, 1.165) is 37.2 Å². The average molecular weight is 276 g/mol. The predicted molar refractivity (Wildman–Crippen MR) is 79.9 cm³/mol. The first-order chi connectivity index (χ1) is 9.69. The fourth-order valence-electron chi connectivity index (χ4n) is 2.74. The highest BCUT2D eigenvalue weighted by Gasteiger charge is 2.19. The molecular formula is C16H24N2O2. The first-order valence-corrected chi connectivity index (χ1v) is 7.31. The van der Waals surface area contributed by atoms with Crippen LogP contribution in [0, 0.1) is 5.92 Å². The summed E-state index contributed by atoms with van der Waals surface area (Å²) < 4.78 is 5.34. The number of methoxy groups -OCH3 is 1. The number of benzene rings is 1. The average Bonchev–Trinajstić information content (AvgIpc) is 2.91. The van der Waals surface area contributed by atoms with Crippen LogP contribution in [0.4, 0.5) is 0 Å². The summed E-state index contributed by atoms with van der Waals surface area (Å²) in [5.74, 6) is 1.53. The highest BCUT2D eigenvalue weighted by molar-refractivity contribution is 5.76. The standard InChI is InChI=1S/C16H24N2O2/c1-12(9-14-5-3-4-6-15(14)20-2)18-16(19)10-13-7-8-17-11-13/h3-6,12-13,17H,7-11H2,1-2H3,(H,18,19). The second-order valence-corrected chi connectivity index (χ2v) is 5.55. The number of nitrogens with one attached hydrogen (secondary N) is 2. The molecule has 1 aromatic rings. The van der Waals surface area contributed by atoms with Crippen molar-refractivity contribution in [2.24, 2.45) is 5.92 Å². The largest absolute Gasteiger partial charge is 0.496 e. The molecule has 1 aliphatic rings. The zero-order chi connectivity index (χ0) is 14.4. The number of hydrogen-bond donors (Lipinski definition) is 2. The zero-order valence-corrected chi connectivity index (χ0v) is 12.3. The molecule has 0 aliphatic carbocycles. The fourth-order valence-corrected chi connectivity index (χ4v) is 2.74. The minimum Gasteiger partial charge on any atom is -0.496 e. The Kier molecular flexibility index (Phi) is 5.41. The van der Waals surface area contributed by atoms with Gasteiger partial charge < -0.3 is 15.4 Å². The SMILES string of the molecule is COc1ccccc1CC(C)NC(=O)CC1CCNC1. The normalized spacial score (nSPS) is 19.6. The molecule has 0 bridgehead atoms. The van der Waals surface area contributed by atoms with E-state index in [2.05, 4.69) is 10.6 Å². The Morgan fingerprint density at radius 1 is 1.50 bits per heavy atom. The molecule has 2 rings (SSSR count). The molecule has 1 heterocycles. The van der Waals surface area contributed by atoms with Gasteiger partial charge in [0.15, 0.2) is 0 Å². The smallest absolute Gasteiger partial charge is 0.220 e. The van der Waals surface area contributed by atoms with Crippen LogP contribution in [0.1, 0.15) is 25.3 Å². The van der Waals surface area contributed by atoms with Gasteiger partial charge in [-0.25, -0.2) is 0 Å². The molecule has 1 amide bonds. The zero-order valence-electron chi connectivity index (χ0n) is 12.3. The van der Waals surface area contributed by atoms with Crippen molar-refractivity contribution < 1.29 is 9.53 Å². The Morgan fingerprint density at radius 3 is 3.00 bits per heavy atom. The summed E-state index contributed by atoms with van der Waals surface area (Å²) in [5.41, 5.74) is 1.13. The van der Waals surface area contributed by atoms with Gasteiger partial charge >= 0.3 is 0 Å². The molecule has 0 radical (unpaired) electrons. The highest BCUT2D eigenvalue weighted by atomic mass is 16.5. The minimum atomic E-state index is 0.119. The highest BCUT2D eigenvalue weighted by Crippen LogP contribution is 2.19. The van der Waals surface area contributed by atoms with Gasteiger partial charge in [-0.05, 0) is 50.4 Å². The summed E-state index contributed by atoms with van der Waals surface area (Å²) >= 11 is 0. The summed E-state index contributed by atoms with van der Waals surface area (Å²) in [4.78, 5) is 12.0. The Morgan fingerprint density at radius 2 is 2.30 bits per heavy atom. The first kappa shape index (κ1) is 14.9. The van der Waals surface area contributed by atoms with Crippen LogP contribution in [-0.4, -0.2) is 32.1 Å². The molecule has 1 aromatic carbocycles. The summed E-state index contributed by atoms with van der Waals surface area (Å²) in [5, 5.41) is 6.37. The first-order valence-electron chi connectivity index (χ1n) is 7.31. The lowest BCUT2D eigenvalue weighted by atomic mass is 10.0. The van der Waals surface area contributed by atoms with Crippen molar-refractivity contribution in [2.75, 3.05) is 20.2 Å². The quantitative estimate of drug-likeness (QED) is 0.832. The van der Waals surface area contributed by atoms with Crippen molar-refractivity contribution in [3.05, 3.63) is 29.8 Å². The van der Waals surface area contributed by atoms with E-state index in [1.54, 1.807) is 7.11 Å². The maximum Gasteiger partial charge on any atom is 0.220 e. The molecule has 1 aliphatic heterocycles. The molecule has 2 atom stereocenters. The molecule has 0 spiro atoms. The van der Waals surface area contributed by atoms with Gasteiger partial charge in [0.1, 0.15) is 5.75 Å². The van der Waals surface area contributed by atoms with Crippen molar-refractivity contribution >= 4 is 5.91 Å². The van der Waals surface area contributed by atoms with E-state index in [1.165, 1.54) is 0 Å². The molecule has 0 aromatic heterocycles. The number of amides is 1. The van der Waals surface area contributed by atoms with Crippen molar-refractivity contribution in [1.82, 2.24) is 10.6 Å². The fraction of sp³-hybridized carbons (Fsp3) is 0.562. The van der Waals surface area contributed by atoms with Gasteiger partial charge in [0.2, 0.25) is 5.91 Å². The number of ether oxygens (including phenoxy) is 1. The van der Waals surface area contributed by atoms with Crippen LogP contribution in [0.25, 0.3) is 0 Å². The van der Waals surface area contributed by atoms with E-state index < -0.39 is 0 Å². The molecule has 4 nitrogen and oxygen atoms in total. The topological polar surface area (TPSA) is 50.4 Å². The lowest BCUT2D eigenvalue weighted by Crippen LogP contribution is -2.35. The third-order valence-corrected chi connectivity index (χ3v) is 3.76. The summed E-state index contributed by atoms with van der Waals surface area (Å²) in [6, 6.07) is 8.07. The van der Waals surface area contributed by atoms with Gasteiger partial charge in [-0.1, -0.05) is 18.2 Å². The molecule has 2 unspecified atom stereocenters. The van der Waals surface area contributed by atoms with Gasteiger partial charge in [-0.15, -0.1) is 0 Å². The number of hydrogen-bond acceptors (Lipinski definition) is 3. The maximum absolute atomic E-state index is 12.0. The molecule has 0 saturated carbocycles. The molecule has 4 heteroatoms. The Labute approximate surface area is 120 Å². The van der Waals surface area contributed by atoms with Crippen LogP contribution in [0.5, 0.6) is 5.75 Å². The van der Waals surface area contributed by atoms with Crippen molar-refractivity contribution in [3.63, 3.8) is 0 Å². The number of carbonyl (C=O) groups is 1. The van der Waals surface area contributed by atoms with E-state index in [9.17, 15) is 4.79 Å². The van der Waals surface area contributed by atoms with Crippen LogP contribution in [0.3, 0.4) is 0 Å². The van der Waals surface area contributed by atoms with E-state index in [-0.39, 0.29) is 11.9 Å². The van der Waals surface area contributed by atoms with Crippen LogP contribution in [0.2, 0.25) is 0 Å². The summed E-state index contributed by atoms with van der Waals surface area (Å²) in [6.45, 7) is 4.04. The van der Waals surface area contributed by atoms with Crippen LogP contribution >= 0.6 is 0 Å². The van der Waals surface area contributed by atoms with Crippen LogP contribution < -0.4 is 15.4 Å². The molecule has 2 N–H and O–H groups in total. The maximum atomic E-state index is 12.0. The van der Waals surface area contributed by atoms with Crippen molar-refractivity contribution in [1.29, 1.82) is 0 Å². The van der Waals surface area contributed by atoms with E-state index in [4.69, 9.17) is 4.74 Å². The van der Waals surface area contributed by atoms with Crippen molar-refractivity contribution in [2.45, 2.75) is 32.2 Å². The Balaban J connectivity index is 1.82. The number of carbonyl (C=O) groups excluding carboxylic acids is 1. The van der Waals surface area contributed by atoms with Gasteiger partial charge in [0, 0.05) is 12.5 Å². The third-order valence-electron chi connectivity index (χ3n) is 3.76. The second kappa shape index (κ2) is 7.29. The molecule has 1 saturated heterocycles. The summed E-state index contributed by atoms with van der Waals surface area (Å²) in [7, 11) is 1.68. The third kappa shape index (κ3) is 4.23. The van der Waals surface area contributed by atoms with Crippen molar-refractivity contribution in [3.8, 4) is 5.75 Å². The van der Waals surface area contributed by atoms with E-state index >= 15 is 0 Å². The number of rotatable bonds is 6. The second-order valence-electron chi connectivity index (χ2n) is 5.55. The Bertz CT molecular complexity index is 442. The summed E-state index contributed by atoms with van der Waals surface area (Å²) in [6.07, 6.45) is 2.52. The van der Waals surface area contributed by atoms with Gasteiger partial charge in [-0.2, -0.15) is 0 Å². The molecular weight excluding hydrogens is 252 g/mol. The molecule has 110 valence electrons. The van der Waals surface area contributed by atoms with Crippen LogP contribution in [0.15, 0.2) is 24.3 Å². The monoisotopic (exact) mass is 276 g/mol. The lowest BCUT2D eigenvalue weighted by molar-refractivity contribution is -0.122. The minimum absolute atomic E-state index is 0.119. The van der Waals surface area contributed by atoms with E-state index in [1.807, 2.05) is 31.2 Å². The van der Waals surface area contributed by atoms with Gasteiger partial charge in [0.05, 0.1) is 7.11 Å². The lowest BCUT2D eigenvalue weighted by Gasteiger charge is -2.17. The van der Waals surface area contributed by atoms with Gasteiger partial charge in [0.25, 0.3) is 0 Å². The predicted octanol–water partition coefficient (Wildman–Crippen LogP) is 1.74. The molecule has 20 heavy (non-hydrogen) atoms. The molecule has 1 fully saturated rings. The van der Waals surface area contributed by atoms with E-state index in [0.29, 0.717) is 12.3 Å². The van der Waals surface area contributed by atoms with Crippen LogP contribution in [-0.2, 0) is 11.2 Å². The Hall–Kier alpha value is -1.55. The number of para-hydroxylation sites is 1.